The fraction of sp³-hybridized carbons (Fsp3) is 0.300. The molecule has 0 atom stereocenters. The molecule has 0 bridgehead atoms. The van der Waals surface area contributed by atoms with Crippen molar-refractivity contribution in [2.45, 2.75) is 0 Å². The van der Waals surface area contributed by atoms with Crippen LogP contribution in [0.1, 0.15) is 10.5 Å². The molecule has 9 heteroatoms. The number of nitrogens with zero attached hydrogens (tertiary/aromatic N) is 4. The quantitative estimate of drug-likeness (QED) is 0.585. The molecule has 3 aromatic rings. The SMILES string of the molecule is O=C(NCCNc1cc(N2CCOCC2)ncn1)c1cc(-c2ccccc2)on1. The largest absolute Gasteiger partial charge is 0.378 e. The van der Waals surface area contributed by atoms with Crippen LogP contribution in [0.15, 0.2) is 53.3 Å². The van der Waals surface area contributed by atoms with Crippen LogP contribution in [-0.4, -0.2) is 60.4 Å². The summed E-state index contributed by atoms with van der Waals surface area (Å²) in [5, 5.41) is 9.86. The molecule has 29 heavy (non-hydrogen) atoms. The zero-order chi connectivity index (χ0) is 19.9. The highest BCUT2D eigenvalue weighted by molar-refractivity contribution is 5.93. The molecule has 1 aliphatic rings. The summed E-state index contributed by atoms with van der Waals surface area (Å²) in [5.74, 6) is 1.86. The van der Waals surface area contributed by atoms with E-state index in [0.29, 0.717) is 37.9 Å². The number of hydrogen-bond donors (Lipinski definition) is 2. The average Bonchev–Trinajstić information content (AvgIpc) is 3.29. The third-order valence-corrected chi connectivity index (χ3v) is 4.51. The van der Waals surface area contributed by atoms with Crippen LogP contribution in [-0.2, 0) is 4.74 Å². The number of hydrogen-bond acceptors (Lipinski definition) is 8. The molecule has 0 spiro atoms. The molecule has 2 aromatic heterocycles. The molecule has 1 saturated heterocycles. The minimum Gasteiger partial charge on any atom is -0.378 e. The number of carbonyl (C=O) groups excluding carboxylic acids is 1. The maximum Gasteiger partial charge on any atom is 0.273 e. The highest BCUT2D eigenvalue weighted by atomic mass is 16.5. The summed E-state index contributed by atoms with van der Waals surface area (Å²) in [7, 11) is 0. The molecule has 2 N–H and O–H groups in total. The van der Waals surface area contributed by atoms with E-state index in [9.17, 15) is 4.79 Å². The third-order valence-electron chi connectivity index (χ3n) is 4.51. The summed E-state index contributed by atoms with van der Waals surface area (Å²) in [5.41, 5.74) is 1.13. The molecule has 0 aliphatic carbocycles. The van der Waals surface area contributed by atoms with Crippen molar-refractivity contribution in [1.82, 2.24) is 20.4 Å². The van der Waals surface area contributed by atoms with Crippen molar-refractivity contribution in [1.29, 1.82) is 0 Å². The van der Waals surface area contributed by atoms with E-state index in [4.69, 9.17) is 9.26 Å². The topological polar surface area (TPSA) is 105 Å². The Morgan fingerprint density at radius 3 is 2.72 bits per heavy atom. The van der Waals surface area contributed by atoms with Gasteiger partial charge in [0.25, 0.3) is 5.91 Å². The van der Waals surface area contributed by atoms with Gasteiger partial charge in [-0.2, -0.15) is 0 Å². The van der Waals surface area contributed by atoms with E-state index in [1.165, 1.54) is 6.33 Å². The van der Waals surface area contributed by atoms with Gasteiger partial charge in [0.15, 0.2) is 11.5 Å². The van der Waals surface area contributed by atoms with Gasteiger partial charge in [-0.25, -0.2) is 9.97 Å². The van der Waals surface area contributed by atoms with E-state index in [-0.39, 0.29) is 11.6 Å². The van der Waals surface area contributed by atoms with E-state index in [0.717, 1.165) is 24.5 Å². The first-order valence-electron chi connectivity index (χ1n) is 9.48. The smallest absolute Gasteiger partial charge is 0.273 e. The van der Waals surface area contributed by atoms with Gasteiger partial charge in [0, 0.05) is 43.9 Å². The first-order chi connectivity index (χ1) is 14.3. The summed E-state index contributed by atoms with van der Waals surface area (Å²) in [6.45, 7) is 3.97. The number of carbonyl (C=O) groups is 1. The predicted molar refractivity (Wildman–Crippen MR) is 108 cm³/mol. The molecule has 4 rings (SSSR count). The van der Waals surface area contributed by atoms with Crippen molar-refractivity contribution < 1.29 is 14.1 Å². The summed E-state index contributed by atoms with van der Waals surface area (Å²) < 4.78 is 10.6. The van der Waals surface area contributed by atoms with Gasteiger partial charge in [0.1, 0.15) is 18.0 Å². The first kappa shape index (κ1) is 18.9. The predicted octanol–water partition coefficient (Wildman–Crippen LogP) is 1.81. The fourth-order valence-electron chi connectivity index (χ4n) is 2.99. The second kappa shape index (κ2) is 9.16. The minimum absolute atomic E-state index is 0.250. The van der Waals surface area contributed by atoms with Crippen LogP contribution < -0.4 is 15.5 Å². The van der Waals surface area contributed by atoms with E-state index >= 15 is 0 Å². The van der Waals surface area contributed by atoms with E-state index < -0.39 is 0 Å². The van der Waals surface area contributed by atoms with E-state index in [1.807, 2.05) is 36.4 Å². The van der Waals surface area contributed by atoms with Gasteiger partial charge in [-0.1, -0.05) is 35.5 Å². The number of rotatable bonds is 7. The maximum atomic E-state index is 12.3. The van der Waals surface area contributed by atoms with Gasteiger partial charge in [-0.3, -0.25) is 4.79 Å². The molecule has 1 fully saturated rings. The highest BCUT2D eigenvalue weighted by Gasteiger charge is 2.14. The molecule has 1 aliphatic heterocycles. The number of ether oxygens (including phenoxy) is 1. The lowest BCUT2D eigenvalue weighted by Gasteiger charge is -2.27. The Hall–Kier alpha value is -3.46. The van der Waals surface area contributed by atoms with Crippen molar-refractivity contribution in [3.05, 3.63) is 54.5 Å². The van der Waals surface area contributed by atoms with Crippen LogP contribution in [0.25, 0.3) is 11.3 Å². The van der Waals surface area contributed by atoms with Gasteiger partial charge >= 0.3 is 0 Å². The zero-order valence-corrected chi connectivity index (χ0v) is 15.9. The second-order valence-corrected chi connectivity index (χ2v) is 6.49. The maximum absolute atomic E-state index is 12.3. The van der Waals surface area contributed by atoms with Crippen molar-refractivity contribution in [2.24, 2.45) is 0 Å². The summed E-state index contributed by atoms with van der Waals surface area (Å²) in [6, 6.07) is 13.1. The number of anilines is 2. The molecule has 3 heterocycles. The summed E-state index contributed by atoms with van der Waals surface area (Å²) in [4.78, 5) is 23.0. The van der Waals surface area contributed by atoms with Crippen LogP contribution in [0.5, 0.6) is 0 Å². The van der Waals surface area contributed by atoms with Crippen LogP contribution >= 0.6 is 0 Å². The number of nitrogens with one attached hydrogen (secondary N) is 2. The lowest BCUT2D eigenvalue weighted by Crippen LogP contribution is -2.36. The molecular formula is C20H22N6O3. The van der Waals surface area contributed by atoms with E-state index in [2.05, 4.69) is 30.7 Å². The van der Waals surface area contributed by atoms with Gasteiger partial charge in [0.05, 0.1) is 13.2 Å². The first-order valence-corrected chi connectivity index (χ1v) is 9.48. The molecule has 150 valence electrons. The number of morpholine rings is 1. The summed E-state index contributed by atoms with van der Waals surface area (Å²) >= 11 is 0. The lowest BCUT2D eigenvalue weighted by molar-refractivity contribution is 0.0946. The minimum atomic E-state index is -0.283. The van der Waals surface area contributed by atoms with Gasteiger partial charge < -0.3 is 24.8 Å². The Bertz CT molecular complexity index is 940. The van der Waals surface area contributed by atoms with Gasteiger partial charge in [-0.15, -0.1) is 0 Å². The van der Waals surface area contributed by atoms with Crippen LogP contribution in [0, 0.1) is 0 Å². The van der Waals surface area contributed by atoms with Crippen LogP contribution in [0.4, 0.5) is 11.6 Å². The van der Waals surface area contributed by atoms with Crippen LogP contribution in [0.3, 0.4) is 0 Å². The zero-order valence-electron chi connectivity index (χ0n) is 15.9. The lowest BCUT2D eigenvalue weighted by atomic mass is 10.1. The molecular weight excluding hydrogens is 372 g/mol. The van der Waals surface area contributed by atoms with Gasteiger partial charge in [-0.05, 0) is 0 Å². The van der Waals surface area contributed by atoms with Crippen molar-refractivity contribution in [2.75, 3.05) is 49.6 Å². The van der Waals surface area contributed by atoms with E-state index in [1.54, 1.807) is 6.07 Å². The monoisotopic (exact) mass is 394 g/mol. The standard InChI is InChI=1S/C20H22N6O3/c27-20(16-12-17(29-25-16)15-4-2-1-3-5-15)22-7-6-21-18-13-19(24-14-23-18)26-8-10-28-11-9-26/h1-5,12-14H,6-11H2,(H,22,27)(H,21,23,24). The molecule has 9 nitrogen and oxygen atoms in total. The fourth-order valence-corrected chi connectivity index (χ4v) is 2.99. The Morgan fingerprint density at radius 2 is 1.90 bits per heavy atom. The Balaban J connectivity index is 1.25. The van der Waals surface area contributed by atoms with Crippen LogP contribution in [0.2, 0.25) is 0 Å². The second-order valence-electron chi connectivity index (χ2n) is 6.49. The number of aromatic nitrogens is 3. The Morgan fingerprint density at radius 1 is 1.07 bits per heavy atom. The molecule has 1 amide bonds. The van der Waals surface area contributed by atoms with Crippen molar-refractivity contribution >= 4 is 17.5 Å². The van der Waals surface area contributed by atoms with Crippen molar-refractivity contribution in [3.8, 4) is 11.3 Å². The number of benzene rings is 1. The van der Waals surface area contributed by atoms with Gasteiger partial charge in [0.2, 0.25) is 0 Å². The normalized spacial score (nSPS) is 13.9. The molecule has 1 aromatic carbocycles. The summed E-state index contributed by atoms with van der Waals surface area (Å²) in [6.07, 6.45) is 1.53. The average molecular weight is 394 g/mol. The Kier molecular flexibility index (Phi) is 5.96. The Labute approximate surface area is 168 Å². The molecule has 0 unspecified atom stereocenters. The van der Waals surface area contributed by atoms with Crippen molar-refractivity contribution in [3.63, 3.8) is 0 Å². The number of amides is 1. The molecule has 0 saturated carbocycles. The molecule has 0 radical (unpaired) electrons. The highest BCUT2D eigenvalue weighted by Crippen LogP contribution is 2.19. The third kappa shape index (κ3) is 4.88.